The van der Waals surface area contributed by atoms with Gasteiger partial charge < -0.3 is 14.6 Å². The summed E-state index contributed by atoms with van der Waals surface area (Å²) in [5.74, 6) is 0.571. The molecule has 0 saturated heterocycles. The standard InChI is InChI=1S/C13H21N5O3/c1-5-18-11(19)9-10(17(3)13(18)20)15-12(16(9)2)14-7-6-8-21-4/h5-8H2,1-4H3,(H,14,15). The van der Waals surface area contributed by atoms with Crippen LogP contribution in [0.1, 0.15) is 13.3 Å². The van der Waals surface area contributed by atoms with Gasteiger partial charge in [0.15, 0.2) is 11.2 Å². The summed E-state index contributed by atoms with van der Waals surface area (Å²) < 4.78 is 9.29. The Kier molecular flexibility index (Phi) is 4.46. The molecule has 0 radical (unpaired) electrons. The van der Waals surface area contributed by atoms with Crippen LogP contribution >= 0.6 is 0 Å². The Labute approximate surface area is 122 Å². The van der Waals surface area contributed by atoms with Gasteiger partial charge in [0.2, 0.25) is 5.95 Å². The summed E-state index contributed by atoms with van der Waals surface area (Å²) >= 11 is 0. The van der Waals surface area contributed by atoms with Crippen molar-refractivity contribution in [2.45, 2.75) is 19.9 Å². The normalized spacial score (nSPS) is 11.2. The number of ether oxygens (including phenoxy) is 1. The highest BCUT2D eigenvalue weighted by Crippen LogP contribution is 2.13. The van der Waals surface area contributed by atoms with Crippen LogP contribution in [0.2, 0.25) is 0 Å². The zero-order valence-corrected chi connectivity index (χ0v) is 12.8. The molecule has 1 N–H and O–H groups in total. The fourth-order valence-electron chi connectivity index (χ4n) is 2.30. The highest BCUT2D eigenvalue weighted by Gasteiger charge is 2.17. The third-order valence-electron chi connectivity index (χ3n) is 3.48. The molecule has 8 nitrogen and oxygen atoms in total. The second-order valence-electron chi connectivity index (χ2n) is 4.83. The molecular weight excluding hydrogens is 274 g/mol. The number of hydrogen-bond acceptors (Lipinski definition) is 5. The van der Waals surface area contributed by atoms with Gasteiger partial charge in [-0.25, -0.2) is 4.79 Å². The first-order valence-electron chi connectivity index (χ1n) is 6.92. The molecule has 0 saturated carbocycles. The lowest BCUT2D eigenvalue weighted by Crippen LogP contribution is -2.39. The van der Waals surface area contributed by atoms with Gasteiger partial charge >= 0.3 is 5.69 Å². The fourth-order valence-corrected chi connectivity index (χ4v) is 2.30. The van der Waals surface area contributed by atoms with Crippen LogP contribution in [0.5, 0.6) is 0 Å². The number of rotatable bonds is 6. The molecule has 2 aromatic heterocycles. The Morgan fingerprint density at radius 2 is 1.95 bits per heavy atom. The number of imidazole rings is 1. The van der Waals surface area contributed by atoms with Crippen LogP contribution in [0.4, 0.5) is 5.95 Å². The van der Waals surface area contributed by atoms with Gasteiger partial charge in [-0.15, -0.1) is 0 Å². The van der Waals surface area contributed by atoms with Gasteiger partial charge in [-0.1, -0.05) is 0 Å². The Hall–Kier alpha value is -2.09. The molecule has 0 aliphatic rings. The minimum Gasteiger partial charge on any atom is -0.385 e. The molecule has 0 spiro atoms. The number of aryl methyl sites for hydroxylation is 2. The van der Waals surface area contributed by atoms with E-state index in [4.69, 9.17) is 4.74 Å². The smallest absolute Gasteiger partial charge is 0.332 e. The molecule has 2 heterocycles. The molecule has 8 heteroatoms. The molecule has 2 aromatic rings. The van der Waals surface area contributed by atoms with Crippen molar-refractivity contribution in [2.75, 3.05) is 25.6 Å². The predicted molar refractivity (Wildman–Crippen MR) is 80.9 cm³/mol. The Morgan fingerprint density at radius 1 is 1.24 bits per heavy atom. The minimum absolute atomic E-state index is 0.310. The van der Waals surface area contributed by atoms with Crippen LogP contribution < -0.4 is 16.6 Å². The summed E-state index contributed by atoms with van der Waals surface area (Å²) in [6.45, 7) is 3.44. The molecule has 0 aromatic carbocycles. The maximum Gasteiger partial charge on any atom is 0.332 e. The lowest BCUT2D eigenvalue weighted by atomic mass is 10.4. The Morgan fingerprint density at radius 3 is 2.57 bits per heavy atom. The number of fused-ring (bicyclic) bond motifs is 1. The van der Waals surface area contributed by atoms with Crippen molar-refractivity contribution in [3.05, 3.63) is 20.8 Å². The molecule has 0 fully saturated rings. The molecule has 0 unspecified atom stereocenters. The third kappa shape index (κ3) is 2.58. The van der Waals surface area contributed by atoms with E-state index in [2.05, 4.69) is 10.3 Å². The van der Waals surface area contributed by atoms with Crippen LogP contribution in [-0.4, -0.2) is 38.9 Å². The van der Waals surface area contributed by atoms with Gasteiger partial charge in [-0.2, -0.15) is 4.98 Å². The summed E-state index contributed by atoms with van der Waals surface area (Å²) in [7, 11) is 5.04. The van der Waals surface area contributed by atoms with Crippen molar-refractivity contribution in [3.8, 4) is 0 Å². The van der Waals surface area contributed by atoms with Crippen LogP contribution in [0, 0.1) is 0 Å². The van der Waals surface area contributed by atoms with Gasteiger partial charge in [-0.3, -0.25) is 13.9 Å². The van der Waals surface area contributed by atoms with E-state index in [0.29, 0.717) is 36.8 Å². The predicted octanol–water partition coefficient (Wildman–Crippen LogP) is -0.0980. The maximum atomic E-state index is 12.4. The minimum atomic E-state index is -0.348. The van der Waals surface area contributed by atoms with Gasteiger partial charge in [0.25, 0.3) is 5.56 Å². The summed E-state index contributed by atoms with van der Waals surface area (Å²) in [6, 6.07) is 0. The first-order chi connectivity index (χ1) is 10.0. The lowest BCUT2D eigenvalue weighted by molar-refractivity contribution is 0.197. The average molecular weight is 295 g/mol. The van der Waals surface area contributed by atoms with Gasteiger partial charge in [0.05, 0.1) is 0 Å². The Balaban J connectivity index is 2.51. The maximum absolute atomic E-state index is 12.4. The van der Waals surface area contributed by atoms with E-state index in [1.165, 1.54) is 9.13 Å². The summed E-state index contributed by atoms with van der Waals surface area (Å²) in [6.07, 6.45) is 0.831. The summed E-state index contributed by atoms with van der Waals surface area (Å²) in [5.41, 5.74) is 0.161. The second kappa shape index (κ2) is 6.13. The molecule has 21 heavy (non-hydrogen) atoms. The number of methoxy groups -OCH3 is 1. The van der Waals surface area contributed by atoms with Gasteiger partial charge in [0.1, 0.15) is 0 Å². The van der Waals surface area contributed by atoms with Crippen molar-refractivity contribution in [1.82, 2.24) is 18.7 Å². The lowest BCUT2D eigenvalue weighted by Gasteiger charge is -2.06. The van der Waals surface area contributed by atoms with Crippen LogP contribution in [0.25, 0.3) is 11.2 Å². The Bertz CT molecular complexity index is 756. The summed E-state index contributed by atoms with van der Waals surface area (Å²) in [5, 5.41) is 3.16. The highest BCUT2D eigenvalue weighted by atomic mass is 16.5. The van der Waals surface area contributed by atoms with Crippen molar-refractivity contribution in [2.24, 2.45) is 14.1 Å². The molecule has 0 amide bonds. The van der Waals surface area contributed by atoms with Gasteiger partial charge in [-0.05, 0) is 13.3 Å². The molecular formula is C13H21N5O3. The number of nitrogens with one attached hydrogen (secondary N) is 1. The zero-order valence-electron chi connectivity index (χ0n) is 12.8. The first-order valence-corrected chi connectivity index (χ1v) is 6.92. The summed E-state index contributed by atoms with van der Waals surface area (Å²) in [4.78, 5) is 28.8. The van der Waals surface area contributed by atoms with E-state index < -0.39 is 0 Å². The number of anilines is 1. The van der Waals surface area contributed by atoms with E-state index >= 15 is 0 Å². The second-order valence-corrected chi connectivity index (χ2v) is 4.83. The number of nitrogens with zero attached hydrogens (tertiary/aromatic N) is 4. The highest BCUT2D eigenvalue weighted by molar-refractivity contribution is 5.74. The van der Waals surface area contributed by atoms with E-state index in [-0.39, 0.29) is 11.2 Å². The fraction of sp³-hybridized carbons (Fsp3) is 0.615. The molecule has 0 atom stereocenters. The number of aromatic nitrogens is 4. The topological polar surface area (TPSA) is 83.1 Å². The van der Waals surface area contributed by atoms with Crippen LogP contribution in [0.3, 0.4) is 0 Å². The van der Waals surface area contributed by atoms with Crippen molar-refractivity contribution >= 4 is 17.1 Å². The van der Waals surface area contributed by atoms with E-state index in [1.54, 1.807) is 32.7 Å². The van der Waals surface area contributed by atoms with Crippen molar-refractivity contribution < 1.29 is 4.74 Å². The van der Waals surface area contributed by atoms with Crippen molar-refractivity contribution in [3.63, 3.8) is 0 Å². The quantitative estimate of drug-likeness (QED) is 0.753. The number of hydrogen-bond donors (Lipinski definition) is 1. The molecule has 116 valence electrons. The van der Waals surface area contributed by atoms with Gasteiger partial charge in [0, 0.05) is 40.9 Å². The molecule has 2 rings (SSSR count). The molecule has 0 aliphatic heterocycles. The van der Waals surface area contributed by atoms with E-state index in [0.717, 1.165) is 6.42 Å². The van der Waals surface area contributed by atoms with E-state index in [9.17, 15) is 9.59 Å². The zero-order chi connectivity index (χ0) is 15.6. The van der Waals surface area contributed by atoms with E-state index in [1.807, 2.05) is 0 Å². The third-order valence-corrected chi connectivity index (χ3v) is 3.48. The SMILES string of the molecule is CCn1c(=O)c2c(nc(NCCCOC)n2C)n(C)c1=O. The average Bonchev–Trinajstić information content (AvgIpc) is 2.79. The first kappa shape index (κ1) is 15.3. The largest absolute Gasteiger partial charge is 0.385 e. The van der Waals surface area contributed by atoms with Crippen LogP contribution in [0.15, 0.2) is 9.59 Å². The van der Waals surface area contributed by atoms with Crippen molar-refractivity contribution in [1.29, 1.82) is 0 Å². The molecule has 0 bridgehead atoms. The monoisotopic (exact) mass is 295 g/mol. The van der Waals surface area contributed by atoms with Crippen LogP contribution in [-0.2, 0) is 25.4 Å². The molecule has 0 aliphatic carbocycles.